The summed E-state index contributed by atoms with van der Waals surface area (Å²) in [7, 11) is -3.61. The topological polar surface area (TPSA) is 66.4 Å². The third kappa shape index (κ3) is 3.77. The van der Waals surface area contributed by atoms with Crippen molar-refractivity contribution >= 4 is 48.7 Å². The van der Waals surface area contributed by atoms with E-state index >= 15 is 0 Å². The fourth-order valence-electron chi connectivity index (χ4n) is 3.15. The Hall–Kier alpha value is -1.46. The van der Waals surface area contributed by atoms with Gasteiger partial charge < -0.3 is 0 Å². The molecule has 0 radical (unpaired) electrons. The molecule has 142 valence electrons. The highest BCUT2D eigenvalue weighted by molar-refractivity contribution is 9.10. The first kappa shape index (κ1) is 18.9. The molecule has 1 aromatic heterocycles. The number of hydrogen-bond acceptors (Lipinski definition) is 6. The van der Waals surface area contributed by atoms with Gasteiger partial charge in [-0.25, -0.2) is 12.8 Å². The van der Waals surface area contributed by atoms with Crippen molar-refractivity contribution in [2.24, 2.45) is 0 Å². The molecular weight excluding hydrogens is 455 g/mol. The maximum atomic E-state index is 13.4. The van der Waals surface area contributed by atoms with Crippen molar-refractivity contribution in [2.75, 3.05) is 26.2 Å². The smallest absolute Gasteiger partial charge is 0.245 e. The lowest BCUT2D eigenvalue weighted by molar-refractivity contribution is 0.181. The van der Waals surface area contributed by atoms with Crippen LogP contribution in [-0.2, 0) is 16.6 Å². The van der Waals surface area contributed by atoms with E-state index in [1.54, 1.807) is 30.3 Å². The summed E-state index contributed by atoms with van der Waals surface area (Å²) >= 11 is 4.21. The molecule has 2 heterocycles. The molecule has 1 aliphatic heterocycles. The van der Waals surface area contributed by atoms with Gasteiger partial charge in [0.15, 0.2) is 0 Å². The van der Waals surface area contributed by atoms with Crippen molar-refractivity contribution < 1.29 is 12.8 Å². The zero-order valence-corrected chi connectivity index (χ0v) is 17.4. The summed E-state index contributed by atoms with van der Waals surface area (Å²) in [6, 6.07) is 9.98. The minimum Gasteiger partial charge on any atom is -0.296 e. The third-order valence-corrected chi connectivity index (χ3v) is 7.67. The van der Waals surface area contributed by atoms with Gasteiger partial charge in [0, 0.05) is 32.7 Å². The Morgan fingerprint density at radius 2 is 1.89 bits per heavy atom. The molecular formula is C17H16BrFN4O2S2. The molecule has 0 spiro atoms. The van der Waals surface area contributed by atoms with Crippen LogP contribution in [0.1, 0.15) is 5.56 Å². The molecule has 1 saturated heterocycles. The average Bonchev–Trinajstić information content (AvgIpc) is 3.14. The maximum absolute atomic E-state index is 13.4. The van der Waals surface area contributed by atoms with Crippen molar-refractivity contribution in [3.63, 3.8) is 0 Å². The highest BCUT2D eigenvalue weighted by Crippen LogP contribution is 2.25. The van der Waals surface area contributed by atoms with E-state index in [0.717, 1.165) is 17.3 Å². The van der Waals surface area contributed by atoms with Gasteiger partial charge >= 0.3 is 0 Å². The summed E-state index contributed by atoms with van der Waals surface area (Å²) in [6.45, 7) is 2.68. The summed E-state index contributed by atoms with van der Waals surface area (Å²) in [6.07, 6.45) is 0. The third-order valence-electron chi connectivity index (χ3n) is 4.59. The predicted octanol–water partition coefficient (Wildman–Crippen LogP) is 3.10. The normalized spacial score (nSPS) is 16.8. The summed E-state index contributed by atoms with van der Waals surface area (Å²) in [4.78, 5) is 2.38. The standard InChI is InChI=1S/C17H16BrFN4O2S2/c18-13-10-12(4-5-14(13)19)11-22-6-8-23(9-7-22)27(24,25)16-3-1-2-15-17(16)21-26-20-15/h1-5,10H,6-9,11H2. The van der Waals surface area contributed by atoms with E-state index in [-0.39, 0.29) is 10.7 Å². The minimum atomic E-state index is -3.61. The molecule has 1 aliphatic rings. The van der Waals surface area contributed by atoms with Crippen molar-refractivity contribution in [2.45, 2.75) is 11.4 Å². The van der Waals surface area contributed by atoms with Gasteiger partial charge in [-0.05, 0) is 45.8 Å². The van der Waals surface area contributed by atoms with Crippen LogP contribution in [0.5, 0.6) is 0 Å². The quantitative estimate of drug-likeness (QED) is 0.585. The number of halogens is 2. The van der Waals surface area contributed by atoms with E-state index in [1.807, 2.05) is 0 Å². The van der Waals surface area contributed by atoms with Crippen LogP contribution in [0.25, 0.3) is 11.0 Å². The van der Waals surface area contributed by atoms with Crippen molar-refractivity contribution in [3.8, 4) is 0 Å². The molecule has 10 heteroatoms. The van der Waals surface area contributed by atoms with Crippen LogP contribution >= 0.6 is 27.7 Å². The number of aromatic nitrogens is 2. The Morgan fingerprint density at radius 1 is 1.11 bits per heavy atom. The van der Waals surface area contributed by atoms with Gasteiger partial charge in [-0.1, -0.05) is 12.1 Å². The predicted molar refractivity (Wildman–Crippen MR) is 106 cm³/mol. The fourth-order valence-corrected chi connectivity index (χ4v) is 5.75. The summed E-state index contributed by atoms with van der Waals surface area (Å²) < 4.78 is 49.6. The van der Waals surface area contributed by atoms with Crippen LogP contribution in [0, 0.1) is 5.82 Å². The van der Waals surface area contributed by atoms with E-state index in [0.29, 0.717) is 48.2 Å². The molecule has 4 rings (SSSR count). The lowest BCUT2D eigenvalue weighted by Crippen LogP contribution is -2.48. The number of sulfonamides is 1. The van der Waals surface area contributed by atoms with Crippen LogP contribution in [0.4, 0.5) is 4.39 Å². The monoisotopic (exact) mass is 470 g/mol. The molecule has 0 atom stereocenters. The second kappa shape index (κ2) is 7.51. The number of hydrogen-bond donors (Lipinski definition) is 0. The van der Waals surface area contributed by atoms with E-state index in [2.05, 4.69) is 29.6 Å². The Kier molecular flexibility index (Phi) is 5.26. The Bertz CT molecular complexity index is 1080. The number of benzene rings is 2. The Labute approximate surface area is 169 Å². The zero-order valence-electron chi connectivity index (χ0n) is 14.2. The summed E-state index contributed by atoms with van der Waals surface area (Å²) in [5.74, 6) is -0.291. The van der Waals surface area contributed by atoms with Gasteiger partial charge in [0.1, 0.15) is 21.7 Å². The van der Waals surface area contributed by atoms with E-state index in [1.165, 1.54) is 10.4 Å². The van der Waals surface area contributed by atoms with Gasteiger partial charge in [0.2, 0.25) is 10.0 Å². The van der Waals surface area contributed by atoms with Crippen LogP contribution in [-0.4, -0.2) is 52.5 Å². The van der Waals surface area contributed by atoms with Crippen molar-refractivity contribution in [1.82, 2.24) is 18.0 Å². The number of nitrogens with zero attached hydrogens (tertiary/aromatic N) is 4. The van der Waals surface area contributed by atoms with Crippen LogP contribution in [0.15, 0.2) is 45.8 Å². The van der Waals surface area contributed by atoms with Gasteiger partial charge in [-0.3, -0.25) is 4.90 Å². The minimum absolute atomic E-state index is 0.213. The second-order valence-corrected chi connectivity index (χ2v) is 9.61. The van der Waals surface area contributed by atoms with Gasteiger partial charge in [0.05, 0.1) is 16.2 Å². The van der Waals surface area contributed by atoms with Crippen LogP contribution in [0.2, 0.25) is 0 Å². The molecule has 1 fully saturated rings. The molecule has 0 aliphatic carbocycles. The Morgan fingerprint density at radius 3 is 2.63 bits per heavy atom. The van der Waals surface area contributed by atoms with Crippen molar-refractivity contribution in [3.05, 3.63) is 52.3 Å². The molecule has 0 N–H and O–H groups in total. The lowest BCUT2D eigenvalue weighted by Gasteiger charge is -2.34. The first-order valence-electron chi connectivity index (χ1n) is 8.33. The van der Waals surface area contributed by atoms with E-state index < -0.39 is 10.0 Å². The zero-order chi connectivity index (χ0) is 19.0. The largest absolute Gasteiger partial charge is 0.296 e. The van der Waals surface area contributed by atoms with Gasteiger partial charge in [-0.2, -0.15) is 13.1 Å². The SMILES string of the molecule is O=S(=O)(c1cccc2nsnc12)N1CCN(Cc2ccc(F)c(Br)c2)CC1. The molecule has 6 nitrogen and oxygen atoms in total. The fraction of sp³-hybridized carbons (Fsp3) is 0.294. The van der Waals surface area contributed by atoms with Gasteiger partial charge in [0.25, 0.3) is 0 Å². The molecule has 2 aromatic carbocycles. The van der Waals surface area contributed by atoms with Crippen LogP contribution in [0.3, 0.4) is 0 Å². The molecule has 27 heavy (non-hydrogen) atoms. The van der Waals surface area contributed by atoms with Crippen molar-refractivity contribution in [1.29, 1.82) is 0 Å². The first-order valence-corrected chi connectivity index (χ1v) is 11.3. The number of rotatable bonds is 4. The number of fused-ring (bicyclic) bond motifs is 1. The lowest BCUT2D eigenvalue weighted by atomic mass is 10.2. The summed E-state index contributed by atoms with van der Waals surface area (Å²) in [5, 5.41) is 0. The number of piperazine rings is 1. The molecule has 0 saturated carbocycles. The molecule has 3 aromatic rings. The molecule has 0 amide bonds. The second-order valence-electron chi connectivity index (χ2n) is 6.32. The first-order chi connectivity index (χ1) is 12.9. The highest BCUT2D eigenvalue weighted by atomic mass is 79.9. The Balaban J connectivity index is 1.47. The summed E-state index contributed by atoms with van der Waals surface area (Å²) in [5.41, 5.74) is 2.01. The highest BCUT2D eigenvalue weighted by Gasteiger charge is 2.30. The van der Waals surface area contributed by atoms with E-state index in [9.17, 15) is 12.8 Å². The maximum Gasteiger partial charge on any atom is 0.245 e. The van der Waals surface area contributed by atoms with E-state index in [4.69, 9.17) is 0 Å². The average molecular weight is 471 g/mol. The van der Waals surface area contributed by atoms with Gasteiger partial charge in [-0.15, -0.1) is 0 Å². The van der Waals surface area contributed by atoms with Crippen LogP contribution < -0.4 is 0 Å². The molecule has 0 bridgehead atoms. The molecule has 0 unspecified atom stereocenters.